The van der Waals surface area contributed by atoms with E-state index in [1.807, 2.05) is 29.2 Å². The fourth-order valence-electron chi connectivity index (χ4n) is 3.15. The first-order chi connectivity index (χ1) is 13.6. The molecule has 1 fully saturated rings. The van der Waals surface area contributed by atoms with Gasteiger partial charge in [-0.05, 0) is 52.3 Å². The molecule has 2 amide bonds. The van der Waals surface area contributed by atoms with Crippen LogP contribution in [-0.4, -0.2) is 68.0 Å². The van der Waals surface area contributed by atoms with E-state index in [1.165, 1.54) is 0 Å². The SMILES string of the molecule is COc1ccc(C(=O)NCCN2CCN(C(=O)c3ccccc3Br)CC2)cc1. The van der Waals surface area contributed by atoms with Crippen molar-refractivity contribution < 1.29 is 14.3 Å². The van der Waals surface area contributed by atoms with Crippen molar-refractivity contribution in [3.05, 3.63) is 64.1 Å². The molecular weight excluding hydrogens is 422 g/mol. The van der Waals surface area contributed by atoms with Crippen molar-refractivity contribution >= 4 is 27.7 Å². The van der Waals surface area contributed by atoms with Crippen molar-refractivity contribution in [3.63, 3.8) is 0 Å². The zero-order chi connectivity index (χ0) is 19.9. The Morgan fingerprint density at radius 3 is 2.36 bits per heavy atom. The summed E-state index contributed by atoms with van der Waals surface area (Å²) in [5.41, 5.74) is 1.31. The number of benzene rings is 2. The minimum absolute atomic E-state index is 0.0555. The van der Waals surface area contributed by atoms with Gasteiger partial charge in [-0.1, -0.05) is 12.1 Å². The van der Waals surface area contributed by atoms with Gasteiger partial charge in [0.2, 0.25) is 0 Å². The zero-order valence-electron chi connectivity index (χ0n) is 15.9. The van der Waals surface area contributed by atoms with Crippen molar-refractivity contribution in [1.82, 2.24) is 15.1 Å². The quantitative estimate of drug-likeness (QED) is 0.742. The molecule has 0 radical (unpaired) electrons. The number of piperazine rings is 1. The number of nitrogens with one attached hydrogen (secondary N) is 1. The Hall–Kier alpha value is -2.38. The summed E-state index contributed by atoms with van der Waals surface area (Å²) in [6, 6.07) is 14.5. The maximum Gasteiger partial charge on any atom is 0.255 e. The van der Waals surface area contributed by atoms with Crippen molar-refractivity contribution in [2.45, 2.75) is 0 Å². The Bertz CT molecular complexity index is 818. The van der Waals surface area contributed by atoms with E-state index in [2.05, 4.69) is 26.1 Å². The number of rotatable bonds is 6. The zero-order valence-corrected chi connectivity index (χ0v) is 17.4. The van der Waals surface area contributed by atoms with Gasteiger partial charge in [0.25, 0.3) is 11.8 Å². The standard InChI is InChI=1S/C21H24BrN3O3/c1-28-17-8-6-16(7-9-17)20(26)23-10-11-24-12-14-25(15-13-24)21(27)18-4-2-3-5-19(18)22/h2-9H,10-15H2,1H3,(H,23,26). The minimum atomic E-state index is -0.0922. The summed E-state index contributed by atoms with van der Waals surface area (Å²) in [6.07, 6.45) is 0. The summed E-state index contributed by atoms with van der Waals surface area (Å²) in [5, 5.41) is 2.94. The van der Waals surface area contributed by atoms with Gasteiger partial charge in [0.1, 0.15) is 5.75 Å². The number of hydrogen-bond acceptors (Lipinski definition) is 4. The van der Waals surface area contributed by atoms with Crippen LogP contribution in [0.5, 0.6) is 5.75 Å². The van der Waals surface area contributed by atoms with Gasteiger partial charge < -0.3 is 15.0 Å². The lowest BCUT2D eigenvalue weighted by Crippen LogP contribution is -2.50. The highest BCUT2D eigenvalue weighted by molar-refractivity contribution is 9.10. The number of halogens is 1. The van der Waals surface area contributed by atoms with E-state index in [-0.39, 0.29) is 11.8 Å². The van der Waals surface area contributed by atoms with Crippen LogP contribution in [0, 0.1) is 0 Å². The molecule has 3 rings (SSSR count). The van der Waals surface area contributed by atoms with Gasteiger partial charge in [0.15, 0.2) is 0 Å². The van der Waals surface area contributed by atoms with Crippen molar-refractivity contribution in [3.8, 4) is 5.75 Å². The first-order valence-electron chi connectivity index (χ1n) is 9.27. The van der Waals surface area contributed by atoms with Crippen LogP contribution in [-0.2, 0) is 0 Å². The molecule has 2 aromatic rings. The molecule has 7 heteroatoms. The largest absolute Gasteiger partial charge is 0.497 e. The van der Waals surface area contributed by atoms with E-state index >= 15 is 0 Å². The van der Waals surface area contributed by atoms with E-state index in [9.17, 15) is 9.59 Å². The predicted molar refractivity (Wildman–Crippen MR) is 112 cm³/mol. The number of amides is 2. The number of carbonyl (C=O) groups is 2. The van der Waals surface area contributed by atoms with Crippen molar-refractivity contribution in [2.24, 2.45) is 0 Å². The molecule has 0 atom stereocenters. The summed E-state index contributed by atoms with van der Waals surface area (Å²) >= 11 is 3.45. The first kappa shape index (κ1) is 20.4. The van der Waals surface area contributed by atoms with E-state index in [4.69, 9.17) is 4.74 Å². The van der Waals surface area contributed by atoms with E-state index in [1.54, 1.807) is 31.4 Å². The van der Waals surface area contributed by atoms with Crippen LogP contribution in [0.1, 0.15) is 20.7 Å². The second kappa shape index (κ2) is 9.71. The van der Waals surface area contributed by atoms with Crippen molar-refractivity contribution in [2.75, 3.05) is 46.4 Å². The van der Waals surface area contributed by atoms with Crippen LogP contribution >= 0.6 is 15.9 Å². The second-order valence-electron chi connectivity index (χ2n) is 6.60. The molecular formula is C21H24BrN3O3. The monoisotopic (exact) mass is 445 g/mol. The Morgan fingerprint density at radius 1 is 1.04 bits per heavy atom. The van der Waals surface area contributed by atoms with E-state index in [0.29, 0.717) is 30.8 Å². The fourth-order valence-corrected chi connectivity index (χ4v) is 3.61. The Morgan fingerprint density at radius 2 is 1.71 bits per heavy atom. The Labute approximate surface area is 173 Å². The molecule has 148 valence electrons. The van der Waals surface area contributed by atoms with E-state index in [0.717, 1.165) is 29.9 Å². The van der Waals surface area contributed by atoms with Crippen LogP contribution in [0.15, 0.2) is 53.0 Å². The van der Waals surface area contributed by atoms with Gasteiger partial charge in [-0.2, -0.15) is 0 Å². The topological polar surface area (TPSA) is 61.9 Å². The Kier molecular flexibility index (Phi) is 7.06. The maximum atomic E-state index is 12.6. The number of ether oxygens (including phenoxy) is 1. The number of hydrogen-bond donors (Lipinski definition) is 1. The molecule has 6 nitrogen and oxygen atoms in total. The van der Waals surface area contributed by atoms with Crippen molar-refractivity contribution in [1.29, 1.82) is 0 Å². The maximum absolute atomic E-state index is 12.6. The molecule has 1 aliphatic rings. The van der Waals surface area contributed by atoms with Gasteiger partial charge in [0, 0.05) is 49.3 Å². The third-order valence-corrected chi connectivity index (χ3v) is 5.52. The average Bonchev–Trinajstić information content (AvgIpc) is 2.74. The summed E-state index contributed by atoms with van der Waals surface area (Å²) < 4.78 is 5.92. The summed E-state index contributed by atoms with van der Waals surface area (Å²) in [6.45, 7) is 4.31. The average molecular weight is 446 g/mol. The molecule has 0 saturated carbocycles. The minimum Gasteiger partial charge on any atom is -0.497 e. The lowest BCUT2D eigenvalue weighted by atomic mass is 10.2. The van der Waals surface area contributed by atoms with Crippen LogP contribution < -0.4 is 10.1 Å². The molecule has 0 unspecified atom stereocenters. The Balaban J connectivity index is 1.41. The highest BCUT2D eigenvalue weighted by atomic mass is 79.9. The molecule has 1 N–H and O–H groups in total. The molecule has 1 heterocycles. The number of carbonyl (C=O) groups excluding carboxylic acids is 2. The van der Waals surface area contributed by atoms with Gasteiger partial charge in [-0.15, -0.1) is 0 Å². The van der Waals surface area contributed by atoms with Gasteiger partial charge in [0.05, 0.1) is 12.7 Å². The summed E-state index contributed by atoms with van der Waals surface area (Å²) in [4.78, 5) is 29.0. The van der Waals surface area contributed by atoms with Gasteiger partial charge in [-0.3, -0.25) is 14.5 Å². The van der Waals surface area contributed by atoms with Crippen LogP contribution in [0.25, 0.3) is 0 Å². The third-order valence-electron chi connectivity index (χ3n) is 4.83. The van der Waals surface area contributed by atoms with Crippen LogP contribution in [0.4, 0.5) is 0 Å². The summed E-state index contributed by atoms with van der Waals surface area (Å²) in [7, 11) is 1.60. The molecule has 1 saturated heterocycles. The summed E-state index contributed by atoms with van der Waals surface area (Å²) in [5.74, 6) is 0.692. The highest BCUT2D eigenvalue weighted by Gasteiger charge is 2.23. The number of methoxy groups -OCH3 is 1. The molecule has 0 aliphatic carbocycles. The smallest absolute Gasteiger partial charge is 0.255 e. The fraction of sp³-hybridized carbons (Fsp3) is 0.333. The van der Waals surface area contributed by atoms with Gasteiger partial charge in [-0.25, -0.2) is 0 Å². The number of nitrogens with zero attached hydrogens (tertiary/aromatic N) is 2. The first-order valence-corrected chi connectivity index (χ1v) is 10.1. The normalized spacial score (nSPS) is 14.6. The lowest BCUT2D eigenvalue weighted by Gasteiger charge is -2.34. The molecule has 28 heavy (non-hydrogen) atoms. The predicted octanol–water partition coefficient (Wildman–Crippen LogP) is 2.65. The highest BCUT2D eigenvalue weighted by Crippen LogP contribution is 2.18. The molecule has 2 aromatic carbocycles. The van der Waals surface area contributed by atoms with E-state index < -0.39 is 0 Å². The molecule has 0 bridgehead atoms. The van der Waals surface area contributed by atoms with Gasteiger partial charge >= 0.3 is 0 Å². The second-order valence-corrected chi connectivity index (χ2v) is 7.45. The van der Waals surface area contributed by atoms with Crippen LogP contribution in [0.3, 0.4) is 0 Å². The molecule has 1 aliphatic heterocycles. The molecule has 0 spiro atoms. The van der Waals surface area contributed by atoms with Crippen LogP contribution in [0.2, 0.25) is 0 Å². The lowest BCUT2D eigenvalue weighted by molar-refractivity contribution is 0.0637. The molecule has 0 aromatic heterocycles. The third kappa shape index (κ3) is 5.11.